The fourth-order valence-corrected chi connectivity index (χ4v) is 3.19. The Morgan fingerprint density at radius 1 is 1.63 bits per heavy atom. The van der Waals surface area contributed by atoms with Crippen molar-refractivity contribution >= 4 is 22.2 Å². The van der Waals surface area contributed by atoms with Gasteiger partial charge in [-0.05, 0) is 38.4 Å². The zero-order valence-electron chi connectivity index (χ0n) is 10.8. The Labute approximate surface area is 115 Å². The van der Waals surface area contributed by atoms with E-state index in [1.54, 1.807) is 11.0 Å². The zero-order valence-corrected chi connectivity index (χ0v) is 11.6. The van der Waals surface area contributed by atoms with Crippen LogP contribution in [0.1, 0.15) is 22.5 Å². The molecule has 1 saturated heterocycles. The second-order valence-corrected chi connectivity index (χ2v) is 5.77. The molecule has 1 aromatic rings. The number of hydrogen-bond donors (Lipinski definition) is 1. The molecule has 0 saturated carbocycles. The highest BCUT2D eigenvalue weighted by atomic mass is 32.1. The van der Waals surface area contributed by atoms with Crippen LogP contribution in [0.3, 0.4) is 0 Å². The molecule has 1 aliphatic heterocycles. The number of amides is 1. The van der Waals surface area contributed by atoms with Gasteiger partial charge < -0.3 is 10.2 Å². The largest absolute Gasteiger partial charge is 0.338 e. The molecule has 19 heavy (non-hydrogen) atoms. The molecule has 1 unspecified atom stereocenters. The molecule has 2 heterocycles. The van der Waals surface area contributed by atoms with Gasteiger partial charge in [0, 0.05) is 19.2 Å². The summed E-state index contributed by atoms with van der Waals surface area (Å²) in [4.78, 5) is 24.7. The van der Waals surface area contributed by atoms with Crippen molar-refractivity contribution < 1.29 is 9.72 Å². The molecule has 104 valence electrons. The van der Waals surface area contributed by atoms with E-state index in [1.165, 1.54) is 6.07 Å². The van der Waals surface area contributed by atoms with Gasteiger partial charge in [-0.3, -0.25) is 14.9 Å². The third-order valence-corrected chi connectivity index (χ3v) is 4.31. The van der Waals surface area contributed by atoms with Crippen LogP contribution in [0.15, 0.2) is 12.1 Å². The average Bonchev–Trinajstić information content (AvgIpc) is 2.88. The van der Waals surface area contributed by atoms with E-state index in [2.05, 4.69) is 5.32 Å². The molecule has 1 aromatic heterocycles. The lowest BCUT2D eigenvalue weighted by Crippen LogP contribution is -2.42. The summed E-state index contributed by atoms with van der Waals surface area (Å²) in [6.45, 7) is 2.37. The van der Waals surface area contributed by atoms with Gasteiger partial charge in [-0.2, -0.15) is 0 Å². The Morgan fingerprint density at radius 2 is 2.42 bits per heavy atom. The molecule has 1 amide bonds. The van der Waals surface area contributed by atoms with Crippen LogP contribution in [-0.4, -0.2) is 42.4 Å². The number of rotatable bonds is 4. The van der Waals surface area contributed by atoms with Crippen molar-refractivity contribution in [2.24, 2.45) is 5.92 Å². The van der Waals surface area contributed by atoms with Crippen molar-refractivity contribution in [3.8, 4) is 0 Å². The van der Waals surface area contributed by atoms with Crippen LogP contribution in [0.2, 0.25) is 0 Å². The van der Waals surface area contributed by atoms with Crippen LogP contribution in [0.5, 0.6) is 0 Å². The first-order valence-corrected chi connectivity index (χ1v) is 7.11. The SMILES string of the molecule is CNCC1CCCN(C(=O)c2ccc([N+](=O)[O-])s2)C1. The quantitative estimate of drug-likeness (QED) is 0.674. The van der Waals surface area contributed by atoms with Crippen LogP contribution < -0.4 is 5.32 Å². The molecule has 1 atom stereocenters. The van der Waals surface area contributed by atoms with Crippen LogP contribution in [0, 0.1) is 16.0 Å². The number of piperidine rings is 1. The highest BCUT2D eigenvalue weighted by Crippen LogP contribution is 2.26. The van der Waals surface area contributed by atoms with E-state index in [4.69, 9.17) is 0 Å². The summed E-state index contributed by atoms with van der Waals surface area (Å²) in [7, 11) is 1.91. The third-order valence-electron chi connectivity index (χ3n) is 3.28. The van der Waals surface area contributed by atoms with E-state index in [1.807, 2.05) is 7.05 Å². The first kappa shape index (κ1) is 14.0. The summed E-state index contributed by atoms with van der Waals surface area (Å²) < 4.78 is 0. The Bertz CT molecular complexity index is 473. The second-order valence-electron chi connectivity index (χ2n) is 4.71. The van der Waals surface area contributed by atoms with E-state index < -0.39 is 4.92 Å². The van der Waals surface area contributed by atoms with Crippen molar-refractivity contribution in [1.82, 2.24) is 10.2 Å². The van der Waals surface area contributed by atoms with E-state index in [9.17, 15) is 14.9 Å². The summed E-state index contributed by atoms with van der Waals surface area (Å²) in [5.41, 5.74) is 0. The molecule has 7 heteroatoms. The van der Waals surface area contributed by atoms with Gasteiger partial charge >= 0.3 is 5.00 Å². The van der Waals surface area contributed by atoms with Crippen LogP contribution in [0.4, 0.5) is 5.00 Å². The maximum atomic E-state index is 12.3. The normalized spacial score (nSPS) is 19.4. The van der Waals surface area contributed by atoms with E-state index >= 15 is 0 Å². The number of hydrogen-bond acceptors (Lipinski definition) is 5. The topological polar surface area (TPSA) is 75.5 Å². The average molecular weight is 283 g/mol. The molecule has 0 aromatic carbocycles. The Hall–Kier alpha value is -1.47. The molecule has 0 spiro atoms. The summed E-state index contributed by atoms with van der Waals surface area (Å²) >= 11 is 0.951. The van der Waals surface area contributed by atoms with Gasteiger partial charge in [-0.25, -0.2) is 0 Å². The molecule has 0 radical (unpaired) electrons. The standard InChI is InChI=1S/C12H17N3O3S/c1-13-7-9-3-2-6-14(8-9)12(16)10-4-5-11(19-10)15(17)18/h4-5,9,13H,2-3,6-8H2,1H3. The number of nitrogens with zero attached hydrogens (tertiary/aromatic N) is 2. The number of likely N-dealkylation sites (tertiary alicyclic amines) is 1. The van der Waals surface area contributed by atoms with Crippen molar-refractivity contribution in [3.63, 3.8) is 0 Å². The van der Waals surface area contributed by atoms with Crippen molar-refractivity contribution in [3.05, 3.63) is 27.1 Å². The molecule has 1 fully saturated rings. The number of carbonyl (C=O) groups excluding carboxylic acids is 1. The Morgan fingerprint density at radius 3 is 3.05 bits per heavy atom. The van der Waals surface area contributed by atoms with Gasteiger partial charge in [-0.15, -0.1) is 0 Å². The van der Waals surface area contributed by atoms with Gasteiger partial charge in [0.25, 0.3) is 5.91 Å². The van der Waals surface area contributed by atoms with Gasteiger partial charge in [0.15, 0.2) is 0 Å². The predicted molar refractivity (Wildman–Crippen MR) is 73.5 cm³/mol. The minimum absolute atomic E-state index is 0.0205. The monoisotopic (exact) mass is 283 g/mol. The third kappa shape index (κ3) is 3.30. The van der Waals surface area contributed by atoms with Gasteiger partial charge in [-0.1, -0.05) is 11.3 Å². The predicted octanol–water partition coefficient (Wildman–Crippen LogP) is 1.73. The van der Waals surface area contributed by atoms with Crippen LogP contribution in [-0.2, 0) is 0 Å². The lowest BCUT2D eigenvalue weighted by Gasteiger charge is -2.32. The van der Waals surface area contributed by atoms with Crippen molar-refractivity contribution in [2.45, 2.75) is 12.8 Å². The zero-order chi connectivity index (χ0) is 13.8. The van der Waals surface area contributed by atoms with E-state index in [-0.39, 0.29) is 10.9 Å². The minimum atomic E-state index is -0.457. The van der Waals surface area contributed by atoms with E-state index in [0.29, 0.717) is 10.8 Å². The number of thiophene rings is 1. The van der Waals surface area contributed by atoms with E-state index in [0.717, 1.165) is 43.8 Å². The van der Waals surface area contributed by atoms with Gasteiger partial charge in [0.1, 0.15) is 0 Å². The molecular formula is C12H17N3O3S. The maximum absolute atomic E-state index is 12.3. The molecule has 0 aliphatic carbocycles. The molecular weight excluding hydrogens is 266 g/mol. The molecule has 1 N–H and O–H groups in total. The van der Waals surface area contributed by atoms with Crippen LogP contribution in [0.25, 0.3) is 0 Å². The number of nitrogens with one attached hydrogen (secondary N) is 1. The molecule has 2 rings (SSSR count). The number of carbonyl (C=O) groups is 1. The van der Waals surface area contributed by atoms with Gasteiger partial charge in [0.2, 0.25) is 0 Å². The molecule has 6 nitrogen and oxygen atoms in total. The fraction of sp³-hybridized carbons (Fsp3) is 0.583. The lowest BCUT2D eigenvalue weighted by molar-refractivity contribution is -0.380. The molecule has 1 aliphatic rings. The molecule has 0 bridgehead atoms. The van der Waals surface area contributed by atoms with Crippen molar-refractivity contribution in [1.29, 1.82) is 0 Å². The minimum Gasteiger partial charge on any atom is -0.338 e. The maximum Gasteiger partial charge on any atom is 0.324 e. The fourth-order valence-electron chi connectivity index (χ4n) is 2.40. The highest BCUT2D eigenvalue weighted by Gasteiger charge is 2.26. The summed E-state index contributed by atoms with van der Waals surface area (Å²) in [5.74, 6) is 0.386. The summed E-state index contributed by atoms with van der Waals surface area (Å²) in [5, 5.41) is 13.8. The Balaban J connectivity index is 2.03. The number of nitro groups is 1. The highest BCUT2D eigenvalue weighted by molar-refractivity contribution is 7.17. The van der Waals surface area contributed by atoms with Crippen LogP contribution >= 0.6 is 11.3 Å². The first-order chi connectivity index (χ1) is 9.11. The first-order valence-electron chi connectivity index (χ1n) is 6.30. The van der Waals surface area contributed by atoms with Crippen molar-refractivity contribution in [2.75, 3.05) is 26.7 Å². The smallest absolute Gasteiger partial charge is 0.324 e. The second kappa shape index (κ2) is 6.12. The Kier molecular flexibility index (Phi) is 4.49. The van der Waals surface area contributed by atoms with Gasteiger partial charge in [0.05, 0.1) is 9.80 Å². The lowest BCUT2D eigenvalue weighted by atomic mass is 9.98. The summed E-state index contributed by atoms with van der Waals surface area (Å²) in [6.07, 6.45) is 2.11. The summed E-state index contributed by atoms with van der Waals surface area (Å²) in [6, 6.07) is 2.94.